The molecule has 1 atom stereocenters. The van der Waals surface area contributed by atoms with Crippen molar-refractivity contribution in [3.63, 3.8) is 0 Å². The molecule has 3 heteroatoms. The fourth-order valence-electron chi connectivity index (χ4n) is 1.16. The van der Waals surface area contributed by atoms with Crippen LogP contribution in [-0.2, 0) is 6.54 Å². The molecule has 3 nitrogen and oxygen atoms in total. The van der Waals surface area contributed by atoms with Crippen molar-refractivity contribution in [2.24, 2.45) is 0 Å². The maximum atomic E-state index is 9.35. The lowest BCUT2D eigenvalue weighted by atomic mass is 10.2. The number of benzene rings is 1. The van der Waals surface area contributed by atoms with Gasteiger partial charge in [-0.1, -0.05) is 30.3 Å². The van der Waals surface area contributed by atoms with E-state index in [1.165, 1.54) is 0 Å². The zero-order valence-electron chi connectivity index (χ0n) is 7.72. The van der Waals surface area contributed by atoms with Crippen LogP contribution in [0.25, 0.3) is 0 Å². The molecule has 0 heterocycles. The van der Waals surface area contributed by atoms with Crippen LogP contribution in [0.4, 0.5) is 0 Å². The summed E-state index contributed by atoms with van der Waals surface area (Å²) in [7, 11) is 0. The summed E-state index contributed by atoms with van der Waals surface area (Å²) in [6.45, 7) is 2.37. The van der Waals surface area contributed by atoms with E-state index in [9.17, 15) is 5.21 Å². The number of rotatable bonds is 4. The fraction of sp³-hybridized carbons (Fsp3) is 0.400. The predicted molar refractivity (Wildman–Crippen MR) is 50.3 cm³/mol. The second kappa shape index (κ2) is 4.97. The molecule has 0 saturated carbocycles. The van der Waals surface area contributed by atoms with Gasteiger partial charge < -0.3 is 10.3 Å². The van der Waals surface area contributed by atoms with Gasteiger partial charge in [-0.3, -0.25) is 0 Å². The average molecular weight is 181 g/mol. The number of nitrogens with zero attached hydrogens (tertiary/aromatic N) is 1. The van der Waals surface area contributed by atoms with Crippen LogP contribution < -0.4 is 0 Å². The number of hydrogen-bond donors (Lipinski definition) is 2. The Hall–Kier alpha value is -0.900. The highest BCUT2D eigenvalue weighted by atomic mass is 16.5. The minimum atomic E-state index is -0.506. The third kappa shape index (κ3) is 4.03. The van der Waals surface area contributed by atoms with Crippen LogP contribution in [0.3, 0.4) is 0 Å². The summed E-state index contributed by atoms with van der Waals surface area (Å²) in [5.41, 5.74) is 1.03. The van der Waals surface area contributed by atoms with Crippen LogP contribution in [0.2, 0.25) is 0 Å². The van der Waals surface area contributed by atoms with Gasteiger partial charge in [0.15, 0.2) is 0 Å². The molecule has 0 saturated heterocycles. The van der Waals surface area contributed by atoms with E-state index in [2.05, 4.69) is 0 Å². The van der Waals surface area contributed by atoms with E-state index in [4.69, 9.17) is 5.11 Å². The Morgan fingerprint density at radius 1 is 1.31 bits per heavy atom. The van der Waals surface area contributed by atoms with E-state index >= 15 is 0 Å². The quantitative estimate of drug-likeness (QED) is 0.687. The second-order valence-corrected chi connectivity index (χ2v) is 3.18. The number of aliphatic hydroxyl groups excluding tert-OH is 1. The van der Waals surface area contributed by atoms with Crippen LogP contribution in [0.5, 0.6) is 0 Å². The van der Waals surface area contributed by atoms with Gasteiger partial charge in [-0.2, -0.15) is 5.06 Å². The molecule has 0 aromatic heterocycles. The van der Waals surface area contributed by atoms with Crippen molar-refractivity contribution in [1.82, 2.24) is 5.06 Å². The van der Waals surface area contributed by atoms with E-state index in [0.717, 1.165) is 10.6 Å². The van der Waals surface area contributed by atoms with Crippen molar-refractivity contribution in [1.29, 1.82) is 0 Å². The Balaban J connectivity index is 2.41. The zero-order valence-corrected chi connectivity index (χ0v) is 7.72. The van der Waals surface area contributed by atoms with Crippen LogP contribution in [0.1, 0.15) is 12.5 Å². The lowest BCUT2D eigenvalue weighted by Crippen LogP contribution is -2.27. The lowest BCUT2D eigenvalue weighted by Gasteiger charge is -2.15. The van der Waals surface area contributed by atoms with Gasteiger partial charge in [-0.05, 0) is 12.5 Å². The molecule has 13 heavy (non-hydrogen) atoms. The molecule has 0 spiro atoms. The van der Waals surface area contributed by atoms with Gasteiger partial charge in [-0.25, -0.2) is 0 Å². The van der Waals surface area contributed by atoms with Gasteiger partial charge in [0.05, 0.1) is 6.10 Å². The van der Waals surface area contributed by atoms with E-state index < -0.39 is 6.10 Å². The van der Waals surface area contributed by atoms with Crippen LogP contribution in [0, 0.1) is 0 Å². The Kier molecular flexibility index (Phi) is 3.89. The Bertz CT molecular complexity index is 236. The highest BCUT2D eigenvalue weighted by Crippen LogP contribution is 2.02. The first-order valence-corrected chi connectivity index (χ1v) is 4.34. The normalized spacial score (nSPS) is 13.2. The van der Waals surface area contributed by atoms with Gasteiger partial charge in [0, 0.05) is 13.1 Å². The first-order valence-electron chi connectivity index (χ1n) is 4.34. The third-order valence-corrected chi connectivity index (χ3v) is 1.68. The summed E-state index contributed by atoms with van der Waals surface area (Å²) in [5, 5.41) is 19.5. The molecule has 1 rings (SSSR count). The van der Waals surface area contributed by atoms with E-state index in [-0.39, 0.29) is 6.54 Å². The van der Waals surface area contributed by atoms with Crippen LogP contribution >= 0.6 is 0 Å². The summed E-state index contributed by atoms with van der Waals surface area (Å²) in [4.78, 5) is 0. The molecule has 1 aromatic rings. The maximum Gasteiger partial charge on any atom is 0.0662 e. The molecule has 72 valence electrons. The monoisotopic (exact) mass is 181 g/mol. The summed E-state index contributed by atoms with van der Waals surface area (Å²) in [6, 6.07) is 9.65. The van der Waals surface area contributed by atoms with Gasteiger partial charge in [0.2, 0.25) is 0 Å². The van der Waals surface area contributed by atoms with Gasteiger partial charge >= 0.3 is 0 Å². The molecule has 0 aliphatic rings. The molecule has 0 bridgehead atoms. The van der Waals surface area contributed by atoms with Crippen LogP contribution in [-0.4, -0.2) is 28.0 Å². The highest BCUT2D eigenvalue weighted by molar-refractivity contribution is 5.13. The SMILES string of the molecule is CC(O)CN(O)Cc1ccccc1. The van der Waals surface area contributed by atoms with Crippen molar-refractivity contribution in [3.05, 3.63) is 35.9 Å². The van der Waals surface area contributed by atoms with Crippen molar-refractivity contribution in [2.45, 2.75) is 19.6 Å². The Morgan fingerprint density at radius 3 is 2.46 bits per heavy atom. The number of hydrogen-bond acceptors (Lipinski definition) is 3. The first-order chi connectivity index (χ1) is 6.18. The van der Waals surface area contributed by atoms with Gasteiger partial charge in [0.25, 0.3) is 0 Å². The topological polar surface area (TPSA) is 43.7 Å². The minimum Gasteiger partial charge on any atom is -0.392 e. The molecular formula is C10H15NO2. The van der Waals surface area contributed by atoms with Crippen molar-refractivity contribution < 1.29 is 10.3 Å². The van der Waals surface area contributed by atoms with E-state index in [0.29, 0.717) is 6.54 Å². The summed E-state index contributed by atoms with van der Waals surface area (Å²) in [6.07, 6.45) is -0.506. The molecule has 0 aliphatic heterocycles. The second-order valence-electron chi connectivity index (χ2n) is 3.18. The van der Waals surface area contributed by atoms with E-state index in [1.54, 1.807) is 6.92 Å². The molecule has 0 aliphatic carbocycles. The van der Waals surface area contributed by atoms with Crippen molar-refractivity contribution >= 4 is 0 Å². The zero-order chi connectivity index (χ0) is 9.68. The predicted octanol–water partition coefficient (Wildman–Crippen LogP) is 1.26. The van der Waals surface area contributed by atoms with Crippen LogP contribution in [0.15, 0.2) is 30.3 Å². The fourth-order valence-corrected chi connectivity index (χ4v) is 1.16. The average Bonchev–Trinajstić information content (AvgIpc) is 2.04. The lowest BCUT2D eigenvalue weighted by molar-refractivity contribution is -0.118. The number of hydroxylamine groups is 2. The summed E-state index contributed by atoms with van der Waals surface area (Å²) >= 11 is 0. The Labute approximate surface area is 78.2 Å². The molecule has 0 fully saturated rings. The summed E-state index contributed by atoms with van der Waals surface area (Å²) < 4.78 is 0. The molecule has 1 unspecified atom stereocenters. The third-order valence-electron chi connectivity index (χ3n) is 1.68. The molecule has 1 aromatic carbocycles. The summed E-state index contributed by atoms with van der Waals surface area (Å²) in [5.74, 6) is 0. The molecule has 2 N–H and O–H groups in total. The molecular weight excluding hydrogens is 166 g/mol. The highest BCUT2D eigenvalue weighted by Gasteiger charge is 2.04. The maximum absolute atomic E-state index is 9.35. The smallest absolute Gasteiger partial charge is 0.0662 e. The van der Waals surface area contributed by atoms with Gasteiger partial charge in [-0.15, -0.1) is 0 Å². The minimum absolute atomic E-state index is 0.273. The first kappa shape index (κ1) is 10.2. The molecule has 0 amide bonds. The van der Waals surface area contributed by atoms with E-state index in [1.807, 2.05) is 30.3 Å². The van der Waals surface area contributed by atoms with Gasteiger partial charge in [0.1, 0.15) is 0 Å². The molecule has 0 radical (unpaired) electrons. The standard InChI is InChI=1S/C10H15NO2/c1-9(12)7-11(13)8-10-5-3-2-4-6-10/h2-6,9,12-13H,7-8H2,1H3. The largest absolute Gasteiger partial charge is 0.392 e. The Morgan fingerprint density at radius 2 is 1.92 bits per heavy atom. The van der Waals surface area contributed by atoms with Crippen molar-refractivity contribution in [2.75, 3.05) is 6.54 Å². The van der Waals surface area contributed by atoms with Crippen molar-refractivity contribution in [3.8, 4) is 0 Å². The number of aliphatic hydroxyl groups is 1.